The van der Waals surface area contributed by atoms with Gasteiger partial charge in [0.05, 0.1) is 12.0 Å². The molecule has 1 fully saturated rings. The van der Waals surface area contributed by atoms with Gasteiger partial charge in [0, 0.05) is 25.3 Å². The molecule has 1 saturated carbocycles. The van der Waals surface area contributed by atoms with Crippen LogP contribution in [0.3, 0.4) is 0 Å². The Hall–Kier alpha value is -0.830. The van der Waals surface area contributed by atoms with Crippen LogP contribution in [0.4, 0.5) is 0 Å². The van der Waals surface area contributed by atoms with Gasteiger partial charge in [-0.15, -0.1) is 0 Å². The van der Waals surface area contributed by atoms with Gasteiger partial charge in [-0.2, -0.15) is 0 Å². The fourth-order valence-electron chi connectivity index (χ4n) is 3.00. The Balaban J connectivity index is 1.80. The van der Waals surface area contributed by atoms with Crippen LogP contribution in [-0.2, 0) is 13.1 Å². The van der Waals surface area contributed by atoms with Crippen molar-refractivity contribution < 1.29 is 0 Å². The van der Waals surface area contributed by atoms with E-state index in [0.29, 0.717) is 6.04 Å². The van der Waals surface area contributed by atoms with Gasteiger partial charge >= 0.3 is 0 Å². The van der Waals surface area contributed by atoms with Crippen LogP contribution in [0.2, 0.25) is 0 Å². The van der Waals surface area contributed by atoms with Crippen LogP contribution >= 0.6 is 0 Å². The molecular formula is C15H27N3. The predicted octanol–water partition coefficient (Wildman–Crippen LogP) is 3.35. The second-order valence-electron chi connectivity index (χ2n) is 5.65. The molecule has 0 bridgehead atoms. The molecule has 0 saturated heterocycles. The van der Waals surface area contributed by atoms with E-state index in [-0.39, 0.29) is 0 Å². The standard InChI is InChI=1S/C15H27N3/c1-3-9-18-12-16-10-15(18)11-17-13(2)14-7-5-4-6-8-14/h10,12-14,17H,3-9,11H2,1-2H3. The minimum absolute atomic E-state index is 0.635. The highest BCUT2D eigenvalue weighted by Gasteiger charge is 2.19. The van der Waals surface area contributed by atoms with E-state index in [0.717, 1.165) is 19.0 Å². The Kier molecular flexibility index (Phi) is 5.24. The van der Waals surface area contributed by atoms with Crippen molar-refractivity contribution in [2.75, 3.05) is 0 Å². The summed E-state index contributed by atoms with van der Waals surface area (Å²) in [6.07, 6.45) is 12.2. The van der Waals surface area contributed by atoms with Crippen molar-refractivity contribution in [1.82, 2.24) is 14.9 Å². The molecule has 1 aliphatic rings. The van der Waals surface area contributed by atoms with Crippen molar-refractivity contribution in [1.29, 1.82) is 0 Å². The summed E-state index contributed by atoms with van der Waals surface area (Å²) in [4.78, 5) is 4.25. The average Bonchev–Trinajstić information content (AvgIpc) is 2.85. The molecule has 0 amide bonds. The molecule has 3 nitrogen and oxygen atoms in total. The van der Waals surface area contributed by atoms with Gasteiger partial charge in [-0.05, 0) is 32.1 Å². The number of aromatic nitrogens is 2. The van der Waals surface area contributed by atoms with Gasteiger partial charge in [0.1, 0.15) is 0 Å². The van der Waals surface area contributed by atoms with E-state index in [1.54, 1.807) is 0 Å². The van der Waals surface area contributed by atoms with Gasteiger partial charge < -0.3 is 9.88 Å². The summed E-state index contributed by atoms with van der Waals surface area (Å²) in [5.41, 5.74) is 1.32. The Morgan fingerprint density at radius 2 is 2.17 bits per heavy atom. The van der Waals surface area contributed by atoms with E-state index < -0.39 is 0 Å². The van der Waals surface area contributed by atoms with Gasteiger partial charge in [0.2, 0.25) is 0 Å². The molecule has 0 aliphatic heterocycles. The number of aryl methyl sites for hydroxylation is 1. The monoisotopic (exact) mass is 249 g/mol. The first-order valence-electron chi connectivity index (χ1n) is 7.53. The molecule has 1 atom stereocenters. The fourth-order valence-corrected chi connectivity index (χ4v) is 3.00. The minimum Gasteiger partial charge on any atom is -0.333 e. The second kappa shape index (κ2) is 6.93. The van der Waals surface area contributed by atoms with Crippen molar-refractivity contribution in [2.24, 2.45) is 5.92 Å². The van der Waals surface area contributed by atoms with Crippen LogP contribution in [0.5, 0.6) is 0 Å². The van der Waals surface area contributed by atoms with Crippen LogP contribution in [0.1, 0.15) is 58.1 Å². The van der Waals surface area contributed by atoms with E-state index in [9.17, 15) is 0 Å². The number of rotatable bonds is 6. The predicted molar refractivity (Wildman–Crippen MR) is 75.4 cm³/mol. The summed E-state index contributed by atoms with van der Waals surface area (Å²) in [5, 5.41) is 3.69. The highest BCUT2D eigenvalue weighted by atomic mass is 15.1. The van der Waals surface area contributed by atoms with Crippen molar-refractivity contribution >= 4 is 0 Å². The number of nitrogens with one attached hydrogen (secondary N) is 1. The number of hydrogen-bond donors (Lipinski definition) is 1. The van der Waals surface area contributed by atoms with E-state index in [1.165, 1.54) is 44.2 Å². The molecule has 1 unspecified atom stereocenters. The largest absolute Gasteiger partial charge is 0.333 e. The molecule has 1 aromatic heterocycles. The quantitative estimate of drug-likeness (QED) is 0.838. The zero-order valence-corrected chi connectivity index (χ0v) is 11.9. The molecule has 2 rings (SSSR count). The molecule has 0 radical (unpaired) electrons. The number of nitrogens with zero attached hydrogens (tertiary/aromatic N) is 2. The first kappa shape index (κ1) is 13.6. The molecule has 1 aromatic rings. The van der Waals surface area contributed by atoms with Crippen LogP contribution in [0, 0.1) is 5.92 Å². The molecular weight excluding hydrogens is 222 g/mol. The number of hydrogen-bond acceptors (Lipinski definition) is 2. The summed E-state index contributed by atoms with van der Waals surface area (Å²) in [7, 11) is 0. The zero-order valence-electron chi connectivity index (χ0n) is 11.9. The van der Waals surface area contributed by atoms with E-state index in [2.05, 4.69) is 28.7 Å². The smallest absolute Gasteiger partial charge is 0.0948 e. The summed E-state index contributed by atoms with van der Waals surface area (Å²) in [6, 6.07) is 0.635. The number of imidazole rings is 1. The average molecular weight is 249 g/mol. The first-order chi connectivity index (χ1) is 8.81. The minimum atomic E-state index is 0.635. The topological polar surface area (TPSA) is 29.9 Å². The fraction of sp³-hybridized carbons (Fsp3) is 0.800. The van der Waals surface area contributed by atoms with Crippen molar-refractivity contribution in [3.8, 4) is 0 Å². The summed E-state index contributed by atoms with van der Waals surface area (Å²) in [6.45, 7) is 6.59. The van der Waals surface area contributed by atoms with Gasteiger partial charge in [-0.25, -0.2) is 4.98 Å². The van der Waals surface area contributed by atoms with Crippen LogP contribution in [0.15, 0.2) is 12.5 Å². The zero-order chi connectivity index (χ0) is 12.8. The maximum absolute atomic E-state index is 4.25. The highest BCUT2D eigenvalue weighted by Crippen LogP contribution is 2.26. The SMILES string of the molecule is CCCn1cncc1CNC(C)C1CCCCC1. The summed E-state index contributed by atoms with van der Waals surface area (Å²) < 4.78 is 2.26. The molecule has 1 N–H and O–H groups in total. The molecule has 0 spiro atoms. The highest BCUT2D eigenvalue weighted by molar-refractivity contribution is 4.98. The van der Waals surface area contributed by atoms with Gasteiger partial charge in [-0.3, -0.25) is 0 Å². The van der Waals surface area contributed by atoms with Gasteiger partial charge in [0.15, 0.2) is 0 Å². The first-order valence-corrected chi connectivity index (χ1v) is 7.53. The third-order valence-electron chi connectivity index (χ3n) is 4.23. The maximum Gasteiger partial charge on any atom is 0.0948 e. The van der Waals surface area contributed by atoms with E-state index >= 15 is 0 Å². The van der Waals surface area contributed by atoms with Gasteiger partial charge in [0.25, 0.3) is 0 Å². The van der Waals surface area contributed by atoms with Crippen molar-refractivity contribution in [3.63, 3.8) is 0 Å². The molecule has 102 valence electrons. The van der Waals surface area contributed by atoms with Gasteiger partial charge in [-0.1, -0.05) is 26.2 Å². The van der Waals surface area contributed by atoms with Crippen LogP contribution < -0.4 is 5.32 Å². The van der Waals surface area contributed by atoms with E-state index in [1.807, 2.05) is 12.5 Å². The third-order valence-corrected chi connectivity index (χ3v) is 4.23. The molecule has 3 heteroatoms. The lowest BCUT2D eigenvalue weighted by Gasteiger charge is -2.28. The van der Waals surface area contributed by atoms with E-state index in [4.69, 9.17) is 0 Å². The van der Waals surface area contributed by atoms with Crippen molar-refractivity contribution in [2.45, 2.75) is 71.5 Å². The lowest BCUT2D eigenvalue weighted by atomic mass is 9.84. The Labute approximate surface area is 111 Å². The Morgan fingerprint density at radius 1 is 1.39 bits per heavy atom. The normalized spacial score (nSPS) is 19.0. The maximum atomic E-state index is 4.25. The third kappa shape index (κ3) is 3.58. The lowest BCUT2D eigenvalue weighted by Crippen LogP contribution is -2.34. The molecule has 1 aliphatic carbocycles. The Morgan fingerprint density at radius 3 is 2.89 bits per heavy atom. The van der Waals surface area contributed by atoms with Crippen LogP contribution in [-0.4, -0.2) is 15.6 Å². The Bertz CT molecular complexity index is 339. The molecule has 18 heavy (non-hydrogen) atoms. The summed E-state index contributed by atoms with van der Waals surface area (Å²) >= 11 is 0. The second-order valence-corrected chi connectivity index (χ2v) is 5.65. The summed E-state index contributed by atoms with van der Waals surface area (Å²) in [5.74, 6) is 0.876. The van der Waals surface area contributed by atoms with Crippen molar-refractivity contribution in [3.05, 3.63) is 18.2 Å². The van der Waals surface area contributed by atoms with Crippen LogP contribution in [0.25, 0.3) is 0 Å². The molecule has 1 heterocycles. The lowest BCUT2D eigenvalue weighted by molar-refractivity contribution is 0.279. The molecule has 0 aromatic carbocycles.